The third-order valence-electron chi connectivity index (χ3n) is 2.41. The van der Waals surface area contributed by atoms with E-state index in [1.54, 1.807) is 6.07 Å². The normalized spacial score (nSPS) is 10.2. The van der Waals surface area contributed by atoms with Crippen molar-refractivity contribution >= 4 is 27.5 Å². The molecule has 4 nitrogen and oxygen atoms in total. The number of amides is 1. The molecule has 1 amide bonds. The van der Waals surface area contributed by atoms with Crippen molar-refractivity contribution in [3.63, 3.8) is 0 Å². The van der Waals surface area contributed by atoms with Gasteiger partial charge in [-0.05, 0) is 30.3 Å². The highest BCUT2D eigenvalue weighted by molar-refractivity contribution is 9.10. The van der Waals surface area contributed by atoms with Gasteiger partial charge in [-0.25, -0.2) is 4.39 Å². The third kappa shape index (κ3) is 3.03. The van der Waals surface area contributed by atoms with E-state index in [1.165, 1.54) is 18.2 Å². The summed E-state index contributed by atoms with van der Waals surface area (Å²) in [6.07, 6.45) is 0. The van der Waals surface area contributed by atoms with E-state index in [-0.39, 0.29) is 17.0 Å². The van der Waals surface area contributed by atoms with Crippen molar-refractivity contribution in [2.45, 2.75) is 0 Å². The van der Waals surface area contributed by atoms with Crippen LogP contribution in [-0.2, 0) is 0 Å². The molecule has 19 heavy (non-hydrogen) atoms. The first-order valence-electron chi connectivity index (χ1n) is 5.26. The molecule has 2 aromatic carbocycles. The van der Waals surface area contributed by atoms with E-state index in [9.17, 15) is 14.3 Å². The van der Waals surface area contributed by atoms with Crippen LogP contribution in [0.2, 0.25) is 0 Å². The van der Waals surface area contributed by atoms with Crippen molar-refractivity contribution in [3.05, 3.63) is 52.3 Å². The van der Waals surface area contributed by atoms with Crippen LogP contribution in [0.3, 0.4) is 0 Å². The summed E-state index contributed by atoms with van der Waals surface area (Å²) in [5.74, 6) is -2.09. The maximum Gasteiger partial charge on any atom is 0.259 e. The molecule has 3 N–H and O–H groups in total. The van der Waals surface area contributed by atoms with E-state index >= 15 is 0 Å². The fraction of sp³-hybridized carbons (Fsp3) is 0. The monoisotopic (exact) mass is 325 g/mol. The topological polar surface area (TPSA) is 69.6 Å². The van der Waals surface area contributed by atoms with Crippen molar-refractivity contribution in [2.75, 3.05) is 5.32 Å². The molecular weight excluding hydrogens is 317 g/mol. The van der Waals surface area contributed by atoms with E-state index in [0.717, 1.165) is 12.1 Å². The second-order valence-corrected chi connectivity index (χ2v) is 4.70. The number of anilines is 1. The van der Waals surface area contributed by atoms with Crippen LogP contribution in [0.4, 0.5) is 10.1 Å². The summed E-state index contributed by atoms with van der Waals surface area (Å²) in [4.78, 5) is 11.9. The van der Waals surface area contributed by atoms with Crippen molar-refractivity contribution in [1.82, 2.24) is 0 Å². The number of carbonyl (C=O) groups is 1. The first-order chi connectivity index (χ1) is 8.97. The Labute approximate surface area is 116 Å². The van der Waals surface area contributed by atoms with E-state index in [1.807, 2.05) is 0 Å². The molecule has 0 fully saturated rings. The van der Waals surface area contributed by atoms with Crippen molar-refractivity contribution in [2.24, 2.45) is 0 Å². The highest BCUT2D eigenvalue weighted by Crippen LogP contribution is 2.24. The molecule has 0 unspecified atom stereocenters. The average Bonchev–Trinajstić information content (AvgIpc) is 2.36. The Morgan fingerprint density at radius 3 is 2.47 bits per heavy atom. The Hall–Kier alpha value is -2.08. The first-order valence-corrected chi connectivity index (χ1v) is 6.05. The zero-order valence-electron chi connectivity index (χ0n) is 9.52. The zero-order chi connectivity index (χ0) is 14.0. The Kier molecular flexibility index (Phi) is 3.71. The summed E-state index contributed by atoms with van der Waals surface area (Å²) in [7, 11) is 0. The molecule has 0 aliphatic rings. The number of carbonyl (C=O) groups excluding carboxylic acids is 1. The van der Waals surface area contributed by atoms with Crippen LogP contribution >= 0.6 is 15.9 Å². The number of aromatic hydroxyl groups is 2. The third-order valence-corrected chi connectivity index (χ3v) is 2.90. The quantitative estimate of drug-likeness (QED) is 0.742. The van der Waals surface area contributed by atoms with Crippen LogP contribution in [-0.4, -0.2) is 16.1 Å². The molecule has 98 valence electrons. The van der Waals surface area contributed by atoms with Gasteiger partial charge in [0.15, 0.2) is 11.6 Å². The molecule has 0 aliphatic heterocycles. The maximum atomic E-state index is 13.1. The van der Waals surface area contributed by atoms with Crippen LogP contribution < -0.4 is 5.32 Å². The SMILES string of the molecule is O=C(Nc1ccc(O)c(F)c1)c1cc(Br)ccc1O. The summed E-state index contributed by atoms with van der Waals surface area (Å²) >= 11 is 3.19. The lowest BCUT2D eigenvalue weighted by Gasteiger charge is -2.07. The van der Waals surface area contributed by atoms with Crippen LogP contribution in [0.1, 0.15) is 10.4 Å². The van der Waals surface area contributed by atoms with E-state index < -0.39 is 17.5 Å². The van der Waals surface area contributed by atoms with Crippen LogP contribution in [0.25, 0.3) is 0 Å². The second-order valence-electron chi connectivity index (χ2n) is 3.78. The molecule has 0 bridgehead atoms. The predicted octanol–water partition coefficient (Wildman–Crippen LogP) is 3.25. The van der Waals surface area contributed by atoms with Gasteiger partial charge >= 0.3 is 0 Å². The molecule has 2 aromatic rings. The lowest BCUT2D eigenvalue weighted by Crippen LogP contribution is -2.12. The summed E-state index contributed by atoms with van der Waals surface area (Å²) < 4.78 is 13.7. The Balaban J connectivity index is 2.25. The number of hydrogen-bond acceptors (Lipinski definition) is 3. The molecular formula is C13H9BrFNO3. The Morgan fingerprint density at radius 2 is 1.79 bits per heavy atom. The lowest BCUT2D eigenvalue weighted by atomic mass is 10.2. The smallest absolute Gasteiger partial charge is 0.259 e. The van der Waals surface area contributed by atoms with E-state index in [0.29, 0.717) is 4.47 Å². The van der Waals surface area contributed by atoms with Crippen molar-refractivity contribution in [1.29, 1.82) is 0 Å². The molecule has 0 heterocycles. The van der Waals surface area contributed by atoms with Gasteiger partial charge in [0.25, 0.3) is 5.91 Å². The van der Waals surface area contributed by atoms with Gasteiger partial charge in [-0.15, -0.1) is 0 Å². The molecule has 2 rings (SSSR count). The summed E-state index contributed by atoms with van der Waals surface area (Å²) in [6, 6.07) is 7.88. The van der Waals surface area contributed by atoms with E-state index in [4.69, 9.17) is 5.11 Å². The minimum atomic E-state index is -0.837. The van der Waals surface area contributed by atoms with E-state index in [2.05, 4.69) is 21.2 Å². The van der Waals surface area contributed by atoms with Gasteiger partial charge in [-0.1, -0.05) is 15.9 Å². The average molecular weight is 326 g/mol. The highest BCUT2D eigenvalue weighted by Gasteiger charge is 2.12. The minimum absolute atomic E-state index is 0.0582. The zero-order valence-corrected chi connectivity index (χ0v) is 11.1. The van der Waals surface area contributed by atoms with Crippen LogP contribution in [0.5, 0.6) is 11.5 Å². The van der Waals surface area contributed by atoms with Gasteiger partial charge in [-0.3, -0.25) is 4.79 Å². The molecule has 0 saturated carbocycles. The largest absolute Gasteiger partial charge is 0.507 e. The number of phenolic OH excluding ortho intramolecular Hbond substituents is 2. The standard InChI is InChI=1S/C13H9BrFNO3/c14-7-1-3-11(17)9(5-7)13(19)16-8-2-4-12(18)10(15)6-8/h1-6,17-18H,(H,16,19). The fourth-order valence-corrected chi connectivity index (χ4v) is 1.83. The van der Waals surface area contributed by atoms with Gasteiger partial charge in [0, 0.05) is 16.2 Å². The Morgan fingerprint density at radius 1 is 1.11 bits per heavy atom. The van der Waals surface area contributed by atoms with Gasteiger partial charge in [0.1, 0.15) is 5.75 Å². The van der Waals surface area contributed by atoms with Crippen molar-refractivity contribution < 1.29 is 19.4 Å². The molecule has 0 saturated heterocycles. The molecule has 0 spiro atoms. The maximum absolute atomic E-state index is 13.1. The molecule has 0 atom stereocenters. The number of rotatable bonds is 2. The van der Waals surface area contributed by atoms with Gasteiger partial charge in [-0.2, -0.15) is 0 Å². The molecule has 0 aliphatic carbocycles. The number of nitrogens with one attached hydrogen (secondary N) is 1. The first kappa shape index (κ1) is 13.4. The summed E-state index contributed by atoms with van der Waals surface area (Å²) in [5.41, 5.74) is 0.238. The molecule has 6 heteroatoms. The predicted molar refractivity (Wildman–Crippen MR) is 71.8 cm³/mol. The summed E-state index contributed by atoms with van der Waals surface area (Å²) in [5, 5.41) is 21.1. The second kappa shape index (κ2) is 5.27. The van der Waals surface area contributed by atoms with Crippen molar-refractivity contribution in [3.8, 4) is 11.5 Å². The highest BCUT2D eigenvalue weighted by atomic mass is 79.9. The van der Waals surface area contributed by atoms with Crippen LogP contribution in [0, 0.1) is 5.82 Å². The van der Waals surface area contributed by atoms with Gasteiger partial charge in [0.2, 0.25) is 0 Å². The van der Waals surface area contributed by atoms with Crippen LogP contribution in [0.15, 0.2) is 40.9 Å². The summed E-state index contributed by atoms with van der Waals surface area (Å²) in [6.45, 7) is 0. The molecule has 0 radical (unpaired) electrons. The number of benzene rings is 2. The number of halogens is 2. The molecule has 0 aromatic heterocycles. The van der Waals surface area contributed by atoms with Gasteiger partial charge < -0.3 is 15.5 Å². The number of hydrogen-bond donors (Lipinski definition) is 3. The Bertz CT molecular complexity index is 646. The lowest BCUT2D eigenvalue weighted by molar-refractivity contribution is 0.102. The van der Waals surface area contributed by atoms with Gasteiger partial charge in [0.05, 0.1) is 5.56 Å². The minimum Gasteiger partial charge on any atom is -0.507 e. The number of phenols is 2. The fourth-order valence-electron chi connectivity index (χ4n) is 1.47.